The molecule has 3 spiro atoms. The molecule has 0 radical (unpaired) electrons. The third-order valence-electron chi connectivity index (χ3n) is 19.7. The van der Waals surface area contributed by atoms with E-state index in [0.717, 1.165) is 112 Å². The molecule has 13 atom stereocenters. The molecule has 62 heavy (non-hydrogen) atoms. The molecule has 2 aromatic carbocycles. The van der Waals surface area contributed by atoms with Crippen molar-refractivity contribution in [3.8, 4) is 0 Å². The van der Waals surface area contributed by atoms with E-state index in [1.807, 2.05) is 0 Å². The number of fused-ring (bicyclic) bond motifs is 7. The van der Waals surface area contributed by atoms with Gasteiger partial charge in [-0.1, -0.05) is 85.9 Å². The third-order valence-corrected chi connectivity index (χ3v) is 19.7. The maximum atomic E-state index is 16.0. The smallest absolute Gasteiger partial charge is 0.339 e. The average Bonchev–Trinajstić information content (AvgIpc) is 3.71. The lowest BCUT2D eigenvalue weighted by atomic mass is 9.28. The first-order valence-electron chi connectivity index (χ1n) is 25.3. The maximum absolute atomic E-state index is 16.0. The van der Waals surface area contributed by atoms with Gasteiger partial charge in [0.2, 0.25) is 0 Å². The van der Waals surface area contributed by atoms with E-state index in [-0.39, 0.29) is 17.9 Å². The lowest BCUT2D eigenvalue weighted by Gasteiger charge is -2.72. The minimum Gasteiger partial charge on any atom is -0.449 e. The van der Waals surface area contributed by atoms with Crippen molar-refractivity contribution in [3.63, 3.8) is 0 Å². The van der Waals surface area contributed by atoms with E-state index in [0.29, 0.717) is 54.1 Å². The van der Waals surface area contributed by atoms with Gasteiger partial charge < -0.3 is 20.1 Å². The van der Waals surface area contributed by atoms with Crippen LogP contribution in [0.4, 0.5) is 0 Å². The molecule has 1 saturated carbocycles. The number of ether oxygens (including phenoxy) is 2. The van der Waals surface area contributed by atoms with Crippen molar-refractivity contribution >= 4 is 11.9 Å². The van der Waals surface area contributed by atoms with Gasteiger partial charge in [-0.25, -0.2) is 4.79 Å². The predicted octanol–water partition coefficient (Wildman–Crippen LogP) is 9.58. The lowest BCUT2D eigenvalue weighted by molar-refractivity contribution is -0.278. The number of piperidine rings is 2. The number of benzene rings is 2. The summed E-state index contributed by atoms with van der Waals surface area (Å²) in [6, 6.07) is 17.0. The Labute approximate surface area is 368 Å². The molecule has 9 heterocycles. The van der Waals surface area contributed by atoms with E-state index in [2.05, 4.69) is 72.2 Å². The minimum absolute atomic E-state index is 0.0382. The molecule has 4 fully saturated rings. The summed E-state index contributed by atoms with van der Waals surface area (Å²) in [6.45, 7) is 9.01. The molecule has 5 aliphatic carbocycles. The zero-order chi connectivity index (χ0) is 41.7. The van der Waals surface area contributed by atoms with E-state index in [9.17, 15) is 4.79 Å². The fourth-order valence-corrected chi connectivity index (χ4v) is 17.9. The number of allylic oxidation sites excluding steroid dienone is 2. The molecular weight excluding hydrogens is 767 g/mol. The number of carbonyl (C=O) groups excluding carboxylic acids is 2. The van der Waals surface area contributed by atoms with Gasteiger partial charge in [0.15, 0.2) is 5.60 Å². The number of aryl methyl sites for hydroxylation is 2. The molecule has 0 amide bonds. The molecule has 3 saturated heterocycles. The Morgan fingerprint density at radius 3 is 2.71 bits per heavy atom. The van der Waals surface area contributed by atoms with Crippen LogP contribution in [0.25, 0.3) is 0 Å². The van der Waals surface area contributed by atoms with Crippen LogP contribution in [0.3, 0.4) is 0 Å². The van der Waals surface area contributed by atoms with Gasteiger partial charge in [-0.2, -0.15) is 0 Å². The van der Waals surface area contributed by atoms with Crippen molar-refractivity contribution in [3.05, 3.63) is 105 Å². The van der Waals surface area contributed by atoms with Gasteiger partial charge in [-0.05, 0) is 155 Å². The third kappa shape index (κ3) is 4.81. The quantitative estimate of drug-likeness (QED) is 0.237. The molecule has 16 rings (SSSR count). The fourth-order valence-electron chi connectivity index (χ4n) is 17.9. The molecule has 2 N–H and O–H groups in total. The highest BCUT2D eigenvalue weighted by atomic mass is 16.6. The zero-order valence-corrected chi connectivity index (χ0v) is 37.3. The van der Waals surface area contributed by atoms with Crippen LogP contribution in [0.15, 0.2) is 76.7 Å². The first-order chi connectivity index (χ1) is 30.3. The second-order valence-electron chi connectivity index (χ2n) is 22.3. The number of rotatable bonds is 5. The zero-order valence-electron chi connectivity index (χ0n) is 37.3. The molecule has 9 aliphatic heterocycles. The summed E-state index contributed by atoms with van der Waals surface area (Å²) < 4.78 is 14.4. The molecule has 13 unspecified atom stereocenters. The van der Waals surface area contributed by atoms with Crippen LogP contribution < -0.4 is 5.73 Å². The van der Waals surface area contributed by atoms with Gasteiger partial charge in [0.05, 0.1) is 11.0 Å². The summed E-state index contributed by atoms with van der Waals surface area (Å²) in [5.74, 6) is 3.62. The normalized spacial score (nSPS) is 41.9. The molecule has 326 valence electrons. The van der Waals surface area contributed by atoms with Crippen molar-refractivity contribution in [2.24, 2.45) is 58.0 Å². The number of nitrogens with zero attached hydrogens (tertiary/aromatic N) is 2. The summed E-state index contributed by atoms with van der Waals surface area (Å²) in [4.78, 5) is 36.8. The Hall–Kier alpha value is -3.68. The van der Waals surface area contributed by atoms with Gasteiger partial charge in [0.1, 0.15) is 11.2 Å². The van der Waals surface area contributed by atoms with Crippen molar-refractivity contribution in [1.82, 2.24) is 9.80 Å². The summed E-state index contributed by atoms with van der Waals surface area (Å²) in [5.41, 5.74) is 15.6. The Morgan fingerprint density at radius 2 is 1.82 bits per heavy atom. The minimum atomic E-state index is -0.964. The van der Waals surface area contributed by atoms with Crippen LogP contribution in [-0.2, 0) is 39.1 Å². The van der Waals surface area contributed by atoms with Crippen LogP contribution in [0.2, 0.25) is 0 Å². The Kier molecular flexibility index (Phi) is 8.69. The van der Waals surface area contributed by atoms with Crippen molar-refractivity contribution in [1.29, 1.82) is 0 Å². The number of nitrogens with two attached hydrogens (primary N) is 1. The molecule has 15 bridgehead atoms. The van der Waals surface area contributed by atoms with Gasteiger partial charge in [-0.15, -0.1) is 0 Å². The first kappa shape index (κ1) is 38.8. The monoisotopic (exact) mass is 834 g/mol. The van der Waals surface area contributed by atoms with Gasteiger partial charge in [0.25, 0.3) is 0 Å². The number of hydrogen-bond donors (Lipinski definition) is 1. The van der Waals surface area contributed by atoms with E-state index < -0.39 is 16.4 Å². The van der Waals surface area contributed by atoms with E-state index in [1.54, 1.807) is 16.8 Å². The lowest BCUT2D eigenvalue weighted by Crippen LogP contribution is -2.77. The number of esters is 2. The van der Waals surface area contributed by atoms with Gasteiger partial charge in [-0.3, -0.25) is 9.69 Å². The van der Waals surface area contributed by atoms with E-state index in [4.69, 9.17) is 15.2 Å². The highest BCUT2D eigenvalue weighted by Gasteiger charge is 2.92. The van der Waals surface area contributed by atoms with Crippen molar-refractivity contribution in [2.75, 3.05) is 26.2 Å². The molecular formula is C55H67N3O4. The second-order valence-corrected chi connectivity index (χ2v) is 22.3. The molecule has 7 nitrogen and oxygen atoms in total. The average molecular weight is 834 g/mol. The highest BCUT2D eigenvalue weighted by Crippen LogP contribution is 2.87. The van der Waals surface area contributed by atoms with Crippen LogP contribution in [0, 0.1) is 52.3 Å². The summed E-state index contributed by atoms with van der Waals surface area (Å²) >= 11 is 0. The predicted molar refractivity (Wildman–Crippen MR) is 240 cm³/mol. The number of hydrogen-bond acceptors (Lipinski definition) is 7. The van der Waals surface area contributed by atoms with Crippen LogP contribution in [0.5, 0.6) is 0 Å². The maximum Gasteiger partial charge on any atom is 0.339 e. The second kappa shape index (κ2) is 13.9. The van der Waals surface area contributed by atoms with Crippen LogP contribution in [-0.4, -0.2) is 60.0 Å². The molecule has 0 aromatic heterocycles. The topological polar surface area (TPSA) is 85.1 Å². The molecule has 14 aliphatic rings. The summed E-state index contributed by atoms with van der Waals surface area (Å²) in [7, 11) is 0. The highest BCUT2D eigenvalue weighted by molar-refractivity contribution is 6.00. The number of carbonyl (C=O) groups is 2. The van der Waals surface area contributed by atoms with E-state index >= 15 is 4.79 Å². The Balaban J connectivity index is 1.10. The summed E-state index contributed by atoms with van der Waals surface area (Å²) in [6.07, 6.45) is 19.7. The fraction of sp³-hybridized carbons (Fsp3) is 0.636. The van der Waals surface area contributed by atoms with Crippen LogP contribution >= 0.6 is 0 Å². The standard InChI is InChI=1S/C55H67N3O4/c1-3-9-40-18-20-46-53-22-21-41-43-28-38(47-32(2)24-37-17-19-44-39-27-35(29-57(40)31-39)30-58(44)50(37)49(41)47)26-34-12-6-11-33(25-34)10-4-5-16-45(54(43,53)52(60)61-46)55(53)42-15-7-13-36(14-8-23-56)48(42)51(59)62-55/h6-7,11-13,15,20,25,32,35,38-40,44-45,47,49H,3-5,8-10,14,16-19,21-24,26-31,56H2,1-2H3. The van der Waals surface area contributed by atoms with Crippen LogP contribution in [0.1, 0.15) is 136 Å². The van der Waals surface area contributed by atoms with Crippen molar-refractivity contribution in [2.45, 2.75) is 141 Å². The largest absolute Gasteiger partial charge is 0.449 e. The Bertz CT molecular complexity index is 2360. The van der Waals surface area contributed by atoms with Crippen molar-refractivity contribution < 1.29 is 19.1 Å². The summed E-state index contributed by atoms with van der Waals surface area (Å²) in [5, 5.41) is 0. The molecule has 2 aromatic rings. The van der Waals surface area contributed by atoms with E-state index in [1.165, 1.54) is 55.5 Å². The Morgan fingerprint density at radius 1 is 0.935 bits per heavy atom. The SMILES string of the molecule is CCCC1CC=C2OC(=O)C34C5=C6CCC23C2(OC(=O)c3c(CCCN)cccc32)C4CCCCc2cccc(c2)CC(C5)C2C(C)CC3=C(C62)N2CC4CC(CN1C4)C2CC3. The van der Waals surface area contributed by atoms with Gasteiger partial charge >= 0.3 is 11.9 Å². The first-order valence-corrected chi connectivity index (χ1v) is 25.3. The van der Waals surface area contributed by atoms with Gasteiger partial charge in [0, 0.05) is 54.8 Å². The molecule has 7 heteroatoms.